The smallest absolute Gasteiger partial charge is 0.255 e. The van der Waals surface area contributed by atoms with E-state index in [-0.39, 0.29) is 92.3 Å². The molecule has 1 atom stereocenters. The molecule has 4 aliphatic rings. The van der Waals surface area contributed by atoms with Crippen molar-refractivity contribution in [1.29, 1.82) is 0 Å². The zero-order valence-corrected chi connectivity index (χ0v) is 39.6. The molecular formula is C51H51Cl2F2N9O6. The van der Waals surface area contributed by atoms with Crippen LogP contribution in [0.2, 0.25) is 5.02 Å². The number of amides is 5. The van der Waals surface area contributed by atoms with E-state index >= 15 is 0 Å². The Morgan fingerprint density at radius 3 is 2.41 bits per heavy atom. The summed E-state index contributed by atoms with van der Waals surface area (Å²) < 4.78 is 35.7. The topological polar surface area (TPSA) is 187 Å². The van der Waals surface area contributed by atoms with Crippen LogP contribution in [0, 0.1) is 11.6 Å². The standard InChI is InChI=1S/C51H50ClF2N9O6.ClH/c52-32-12-15-35-37(26-32)47(45-39(53)7-5-8-40(45)54)55-27-31-28-56-51(61-46(31)35)58-33-13-10-30(11-14-33)48(66)57-34-18-22-62(23-19-34)21-2-1-3-24-69-25-20-44(65)59-41-9-4-6-36-38(41)29-63(50(36)68)42-16-17-43(64)60-49(42)67;/h4-15,26,28,34,42H,1-3,16-25,27,29H2,(H,57,66)(H,59,65)(H,56,58,61)(H,60,64,67);1H. The Labute approximate surface area is 414 Å². The first kappa shape index (κ1) is 49.8. The SMILES string of the molecule is Cl.O=C1CCC(N2Cc3c(NC(=O)CCOCCCCCN4CCC(NC(=O)c5ccc(Nc6ncc7c(n6)-c6ccc(Cl)cc6C(c6c(F)cccc6F)=NC7)cc5)CC4)cccc3C2=O)C(=O)N1. The summed E-state index contributed by atoms with van der Waals surface area (Å²) in [5.74, 6) is -2.66. The van der Waals surface area contributed by atoms with Gasteiger partial charge in [-0.25, -0.2) is 18.7 Å². The van der Waals surface area contributed by atoms with E-state index in [0.29, 0.717) is 68.0 Å². The first-order valence-electron chi connectivity index (χ1n) is 23.2. The van der Waals surface area contributed by atoms with Gasteiger partial charge in [-0.1, -0.05) is 29.8 Å². The number of anilines is 3. The number of ether oxygens (including phenoxy) is 1. The van der Waals surface area contributed by atoms with Gasteiger partial charge >= 0.3 is 0 Å². The Balaban J connectivity index is 0.00000659. The summed E-state index contributed by atoms with van der Waals surface area (Å²) in [4.78, 5) is 80.8. The quantitative estimate of drug-likeness (QED) is 0.0562. The number of hydrogen-bond donors (Lipinski definition) is 4. The number of likely N-dealkylation sites (tertiary alicyclic amines) is 1. The van der Waals surface area contributed by atoms with Gasteiger partial charge < -0.3 is 30.5 Å². The number of rotatable bonds is 16. The highest BCUT2D eigenvalue weighted by Crippen LogP contribution is 2.36. The number of nitrogens with one attached hydrogen (secondary N) is 4. The minimum atomic E-state index is -0.731. The molecule has 0 aliphatic carbocycles. The van der Waals surface area contributed by atoms with Gasteiger partial charge in [-0.3, -0.25) is 34.3 Å². The molecule has 0 saturated carbocycles. The molecule has 9 rings (SSSR count). The number of fused-ring (bicyclic) bond motifs is 4. The largest absolute Gasteiger partial charge is 0.381 e. The number of unbranched alkanes of at least 4 members (excludes halogenated alkanes) is 2. The molecule has 5 amide bonds. The lowest BCUT2D eigenvalue weighted by Gasteiger charge is -2.32. The fourth-order valence-corrected chi connectivity index (χ4v) is 9.40. The second-order valence-electron chi connectivity index (χ2n) is 17.5. The minimum Gasteiger partial charge on any atom is -0.381 e. The number of imide groups is 1. The van der Waals surface area contributed by atoms with Crippen LogP contribution < -0.4 is 21.3 Å². The third-order valence-corrected chi connectivity index (χ3v) is 13.1. The summed E-state index contributed by atoms with van der Waals surface area (Å²) in [5.41, 5.74) is 5.01. The van der Waals surface area contributed by atoms with Crippen molar-refractivity contribution in [2.24, 2.45) is 4.99 Å². The second kappa shape index (κ2) is 22.4. The normalized spacial score (nSPS) is 16.8. The van der Waals surface area contributed by atoms with Crippen molar-refractivity contribution in [3.05, 3.63) is 135 Å². The lowest BCUT2D eigenvalue weighted by molar-refractivity contribution is -0.137. The average molecular weight is 995 g/mol. The molecule has 70 heavy (non-hydrogen) atoms. The van der Waals surface area contributed by atoms with Crippen molar-refractivity contribution in [2.75, 3.05) is 43.5 Å². The molecule has 19 heteroatoms. The van der Waals surface area contributed by atoms with Gasteiger partial charge in [0, 0.05) is 94.7 Å². The molecule has 0 bridgehead atoms. The van der Waals surface area contributed by atoms with Gasteiger partial charge in [-0.2, -0.15) is 0 Å². The van der Waals surface area contributed by atoms with Crippen LogP contribution in [0.25, 0.3) is 11.3 Å². The lowest BCUT2D eigenvalue weighted by Crippen LogP contribution is -2.52. The molecule has 364 valence electrons. The monoisotopic (exact) mass is 993 g/mol. The van der Waals surface area contributed by atoms with E-state index in [1.165, 1.54) is 23.1 Å². The maximum absolute atomic E-state index is 15.0. The maximum atomic E-state index is 15.0. The number of piperidine rings is 2. The number of halogens is 4. The lowest BCUT2D eigenvalue weighted by atomic mass is 9.95. The van der Waals surface area contributed by atoms with Gasteiger partial charge in [0.1, 0.15) is 17.7 Å². The van der Waals surface area contributed by atoms with Crippen molar-refractivity contribution in [3.8, 4) is 11.3 Å². The van der Waals surface area contributed by atoms with Crippen LogP contribution in [0.4, 0.5) is 26.1 Å². The summed E-state index contributed by atoms with van der Waals surface area (Å²) in [6, 6.07) is 20.3. The van der Waals surface area contributed by atoms with E-state index in [0.717, 1.165) is 51.7 Å². The summed E-state index contributed by atoms with van der Waals surface area (Å²) in [7, 11) is 0. The first-order chi connectivity index (χ1) is 33.5. The highest BCUT2D eigenvalue weighted by molar-refractivity contribution is 6.31. The molecule has 2 fully saturated rings. The molecule has 1 unspecified atom stereocenters. The summed E-state index contributed by atoms with van der Waals surface area (Å²) >= 11 is 6.36. The molecule has 4 N–H and O–H groups in total. The molecule has 15 nitrogen and oxygen atoms in total. The van der Waals surface area contributed by atoms with Gasteiger partial charge in [-0.05, 0) is 106 Å². The predicted molar refractivity (Wildman–Crippen MR) is 262 cm³/mol. The third kappa shape index (κ3) is 11.3. The van der Waals surface area contributed by atoms with Crippen LogP contribution in [0.5, 0.6) is 0 Å². The first-order valence-corrected chi connectivity index (χ1v) is 23.6. The highest BCUT2D eigenvalue weighted by atomic mass is 35.5. The van der Waals surface area contributed by atoms with Crippen molar-refractivity contribution >= 4 is 76.6 Å². The maximum Gasteiger partial charge on any atom is 0.255 e. The number of carbonyl (C=O) groups is 5. The van der Waals surface area contributed by atoms with Gasteiger partial charge in [0.05, 0.1) is 36.5 Å². The van der Waals surface area contributed by atoms with Gasteiger partial charge in [0.2, 0.25) is 23.7 Å². The van der Waals surface area contributed by atoms with E-state index in [4.69, 9.17) is 21.3 Å². The van der Waals surface area contributed by atoms with Crippen LogP contribution >= 0.6 is 24.0 Å². The Hall–Kier alpha value is -6.66. The van der Waals surface area contributed by atoms with Crippen LogP contribution in [0.15, 0.2) is 90.1 Å². The van der Waals surface area contributed by atoms with Gasteiger partial charge in [0.15, 0.2) is 0 Å². The average Bonchev–Trinajstić information content (AvgIpc) is 3.59. The number of carbonyl (C=O) groups excluding carboxylic acids is 5. The molecule has 5 heterocycles. The summed E-state index contributed by atoms with van der Waals surface area (Å²) in [6.45, 7) is 3.82. The van der Waals surface area contributed by atoms with Gasteiger partial charge in [0.25, 0.3) is 11.8 Å². The second-order valence-corrected chi connectivity index (χ2v) is 17.9. The van der Waals surface area contributed by atoms with E-state index in [9.17, 15) is 32.8 Å². The molecule has 5 aromatic rings. The molecule has 4 aliphatic heterocycles. The fraction of sp³-hybridized carbons (Fsp3) is 0.333. The van der Waals surface area contributed by atoms with E-state index in [1.54, 1.807) is 66.9 Å². The Morgan fingerprint density at radius 1 is 0.871 bits per heavy atom. The van der Waals surface area contributed by atoms with Crippen molar-refractivity contribution in [3.63, 3.8) is 0 Å². The number of aromatic nitrogens is 2. The zero-order chi connectivity index (χ0) is 48.0. The number of hydrogen-bond acceptors (Lipinski definition) is 11. The van der Waals surface area contributed by atoms with Crippen molar-refractivity contribution in [2.45, 2.75) is 76.5 Å². The number of nitrogens with zero attached hydrogens (tertiary/aromatic N) is 5. The molecule has 2 saturated heterocycles. The predicted octanol–water partition coefficient (Wildman–Crippen LogP) is 7.76. The van der Waals surface area contributed by atoms with Crippen LogP contribution in [0.3, 0.4) is 0 Å². The van der Waals surface area contributed by atoms with E-state index in [1.807, 2.05) is 0 Å². The molecular weight excluding hydrogens is 944 g/mol. The van der Waals surface area contributed by atoms with Crippen LogP contribution in [-0.2, 0) is 32.2 Å². The molecule has 1 aromatic heterocycles. The molecule has 4 aromatic carbocycles. The zero-order valence-electron chi connectivity index (χ0n) is 38.1. The number of benzene rings is 4. The Morgan fingerprint density at radius 2 is 1.64 bits per heavy atom. The highest BCUT2D eigenvalue weighted by Gasteiger charge is 2.40. The fourth-order valence-electron chi connectivity index (χ4n) is 9.22. The van der Waals surface area contributed by atoms with Crippen LogP contribution in [0.1, 0.15) is 94.3 Å². The molecule has 0 radical (unpaired) electrons. The Bertz CT molecular complexity index is 2820. The summed E-state index contributed by atoms with van der Waals surface area (Å²) in [5, 5.41) is 12.0. The van der Waals surface area contributed by atoms with E-state index in [2.05, 4.69) is 36.1 Å². The van der Waals surface area contributed by atoms with Crippen molar-refractivity contribution in [1.82, 2.24) is 30.4 Å². The third-order valence-electron chi connectivity index (χ3n) is 12.9. The van der Waals surface area contributed by atoms with Crippen LogP contribution in [-0.4, -0.2) is 99.9 Å². The van der Waals surface area contributed by atoms with E-state index < -0.39 is 23.6 Å². The summed E-state index contributed by atoms with van der Waals surface area (Å²) in [6.07, 6.45) is 6.80. The minimum absolute atomic E-state index is 0. The molecule has 0 spiro atoms. The van der Waals surface area contributed by atoms with Gasteiger partial charge in [-0.15, -0.1) is 12.4 Å². The number of aliphatic imine (C=N–C) groups is 1. The van der Waals surface area contributed by atoms with Crippen molar-refractivity contribution < 1.29 is 37.5 Å². The Kier molecular flexibility index (Phi) is 15.9.